The third-order valence-corrected chi connectivity index (χ3v) is 6.19. The lowest BCUT2D eigenvalue weighted by Crippen LogP contribution is -2.43. The lowest BCUT2D eigenvalue weighted by atomic mass is 9.92. The zero-order chi connectivity index (χ0) is 23.2. The molecule has 0 saturated carbocycles. The molecule has 0 bridgehead atoms. The molecule has 7 nitrogen and oxygen atoms in total. The summed E-state index contributed by atoms with van der Waals surface area (Å²) in [5.74, 6) is -0.741. The summed E-state index contributed by atoms with van der Waals surface area (Å²) in [7, 11) is 0. The average molecular weight is 453 g/mol. The van der Waals surface area contributed by atoms with Crippen LogP contribution in [0.15, 0.2) is 48.5 Å². The molecule has 174 valence electrons. The van der Waals surface area contributed by atoms with Crippen molar-refractivity contribution in [3.8, 4) is 0 Å². The van der Waals surface area contributed by atoms with Crippen LogP contribution in [0.5, 0.6) is 0 Å². The van der Waals surface area contributed by atoms with Crippen LogP contribution in [-0.2, 0) is 16.0 Å². The van der Waals surface area contributed by atoms with Crippen molar-refractivity contribution >= 4 is 22.7 Å². The summed E-state index contributed by atoms with van der Waals surface area (Å²) in [5, 5.41) is 12.7. The van der Waals surface area contributed by atoms with Crippen molar-refractivity contribution < 1.29 is 19.2 Å². The maximum absolute atomic E-state index is 13.6. The number of aromatic nitrogens is 1. The smallest absolute Gasteiger partial charge is 0.243 e. The van der Waals surface area contributed by atoms with E-state index in [2.05, 4.69) is 27.3 Å². The molecule has 2 heterocycles. The molecule has 0 aliphatic carbocycles. The van der Waals surface area contributed by atoms with E-state index in [1.165, 1.54) is 23.1 Å². The van der Waals surface area contributed by atoms with Gasteiger partial charge in [0, 0.05) is 36.1 Å². The molecule has 3 aromatic rings. The molecule has 1 aliphatic rings. The highest BCUT2D eigenvalue weighted by atomic mass is 19.1. The molecule has 2 amide bonds. The number of H-pyrrole nitrogens is 1. The number of hydroxylamine groups is 1. The first-order valence-corrected chi connectivity index (χ1v) is 11.4. The Bertz CT molecular complexity index is 1110. The second-order valence-corrected chi connectivity index (χ2v) is 8.43. The van der Waals surface area contributed by atoms with Crippen molar-refractivity contribution in [3.05, 3.63) is 71.2 Å². The molecule has 1 aliphatic heterocycles. The van der Waals surface area contributed by atoms with Crippen LogP contribution in [-0.4, -0.2) is 46.5 Å². The van der Waals surface area contributed by atoms with Crippen LogP contribution in [0.25, 0.3) is 10.9 Å². The summed E-state index contributed by atoms with van der Waals surface area (Å²) in [6, 6.07) is 14.5. The molecule has 4 N–H and O–H groups in total. The number of aromatic amines is 1. The molecular weight excluding hydrogens is 423 g/mol. The fourth-order valence-corrected chi connectivity index (χ4v) is 4.60. The van der Waals surface area contributed by atoms with E-state index in [1.54, 1.807) is 17.6 Å². The molecule has 2 aromatic carbocycles. The van der Waals surface area contributed by atoms with E-state index in [-0.39, 0.29) is 30.7 Å². The van der Waals surface area contributed by atoms with Gasteiger partial charge in [-0.2, -0.15) is 0 Å². The van der Waals surface area contributed by atoms with Crippen molar-refractivity contribution in [1.29, 1.82) is 0 Å². The van der Waals surface area contributed by atoms with Crippen LogP contribution in [0.2, 0.25) is 0 Å². The number of nitrogens with zero attached hydrogens (tertiary/aromatic N) is 1. The van der Waals surface area contributed by atoms with Gasteiger partial charge >= 0.3 is 0 Å². The van der Waals surface area contributed by atoms with Gasteiger partial charge in [-0.1, -0.05) is 36.8 Å². The summed E-state index contributed by atoms with van der Waals surface area (Å²) in [5.41, 5.74) is 5.94. The van der Waals surface area contributed by atoms with E-state index in [1.807, 2.05) is 12.1 Å². The van der Waals surface area contributed by atoms with Crippen LogP contribution in [0.4, 0.5) is 4.39 Å². The number of hydrogen-bond donors (Lipinski definition) is 4. The van der Waals surface area contributed by atoms with Crippen LogP contribution < -0.4 is 10.8 Å². The topological polar surface area (TPSA) is 97.5 Å². The lowest BCUT2D eigenvalue weighted by molar-refractivity contribution is -0.129. The summed E-state index contributed by atoms with van der Waals surface area (Å²) < 4.78 is 13.6. The first-order valence-electron chi connectivity index (χ1n) is 11.4. The van der Waals surface area contributed by atoms with Gasteiger partial charge in [-0.15, -0.1) is 0 Å². The van der Waals surface area contributed by atoms with Gasteiger partial charge < -0.3 is 10.3 Å². The Hall–Kier alpha value is -3.23. The normalized spacial score (nSPS) is 15.9. The predicted molar refractivity (Wildman–Crippen MR) is 123 cm³/mol. The maximum Gasteiger partial charge on any atom is 0.243 e. The Morgan fingerprint density at radius 2 is 1.85 bits per heavy atom. The minimum absolute atomic E-state index is 0.0604. The van der Waals surface area contributed by atoms with Gasteiger partial charge in [0.05, 0.1) is 12.6 Å². The number of carbonyl (C=O) groups is 2. The maximum atomic E-state index is 13.6. The molecule has 0 radical (unpaired) electrons. The number of nitrogens with one attached hydrogen (secondary N) is 3. The molecule has 0 saturated heterocycles. The number of para-hydroxylation sites is 1. The van der Waals surface area contributed by atoms with Gasteiger partial charge in [-0.25, -0.2) is 9.87 Å². The zero-order valence-corrected chi connectivity index (χ0v) is 18.4. The quantitative estimate of drug-likeness (QED) is 0.227. The largest absolute Gasteiger partial charge is 0.357 e. The first kappa shape index (κ1) is 22.9. The van der Waals surface area contributed by atoms with Crippen molar-refractivity contribution in [2.75, 3.05) is 19.6 Å². The van der Waals surface area contributed by atoms with E-state index < -0.39 is 5.91 Å². The third kappa shape index (κ3) is 5.40. The van der Waals surface area contributed by atoms with Gasteiger partial charge in [0.15, 0.2) is 0 Å². The number of fused-ring (bicyclic) bond motifs is 3. The third-order valence-electron chi connectivity index (χ3n) is 6.19. The second-order valence-electron chi connectivity index (χ2n) is 8.43. The number of carbonyl (C=O) groups excluding carboxylic acids is 2. The molecule has 8 heteroatoms. The van der Waals surface area contributed by atoms with Gasteiger partial charge in [0.2, 0.25) is 11.8 Å². The van der Waals surface area contributed by atoms with Crippen LogP contribution >= 0.6 is 0 Å². The molecule has 0 fully saturated rings. The summed E-state index contributed by atoms with van der Waals surface area (Å²) in [4.78, 5) is 29.4. The fourth-order valence-electron chi connectivity index (χ4n) is 4.60. The highest BCUT2D eigenvalue weighted by Crippen LogP contribution is 2.38. The minimum Gasteiger partial charge on any atom is -0.357 e. The molecule has 0 spiro atoms. The number of benzene rings is 2. The Balaban J connectivity index is 1.44. The number of unbranched alkanes of at least 4 members (excludes halogenated alkanes) is 2. The Morgan fingerprint density at radius 3 is 2.64 bits per heavy atom. The standard InChI is InChI=1S/C25H29FN4O3/c26-18-11-9-17(10-12-18)25-24-20(19-6-3-4-7-21(19)28-24)13-15-30(25)16-23(32)27-14-5-1-2-8-22(31)29-33/h3-4,6-7,9-12,25,28,33H,1-2,5,8,13-16H2,(H,27,32)(H,29,31). The van der Waals surface area contributed by atoms with E-state index in [9.17, 15) is 14.0 Å². The Morgan fingerprint density at radius 1 is 1.06 bits per heavy atom. The van der Waals surface area contributed by atoms with Crippen molar-refractivity contribution in [2.45, 2.75) is 38.1 Å². The minimum atomic E-state index is -0.396. The molecule has 1 aromatic heterocycles. The lowest BCUT2D eigenvalue weighted by Gasteiger charge is -2.35. The van der Waals surface area contributed by atoms with Crippen molar-refractivity contribution in [3.63, 3.8) is 0 Å². The average Bonchev–Trinajstić information content (AvgIpc) is 3.20. The van der Waals surface area contributed by atoms with Gasteiger partial charge in [0.1, 0.15) is 5.82 Å². The summed E-state index contributed by atoms with van der Waals surface area (Å²) in [6.07, 6.45) is 3.30. The predicted octanol–water partition coefficient (Wildman–Crippen LogP) is 3.44. The second kappa shape index (κ2) is 10.6. The Kier molecular flexibility index (Phi) is 7.36. The SMILES string of the molecule is O=C(CCCCCNC(=O)CN1CCc2c([nH]c3ccccc23)C1c1ccc(F)cc1)NO. The van der Waals surface area contributed by atoms with Gasteiger partial charge in [0.25, 0.3) is 0 Å². The van der Waals surface area contributed by atoms with Crippen LogP contribution in [0.3, 0.4) is 0 Å². The summed E-state index contributed by atoms with van der Waals surface area (Å²) >= 11 is 0. The van der Waals surface area contributed by atoms with E-state index >= 15 is 0 Å². The monoisotopic (exact) mass is 452 g/mol. The van der Waals surface area contributed by atoms with Crippen molar-refractivity contribution in [2.24, 2.45) is 0 Å². The number of hydrogen-bond acceptors (Lipinski definition) is 4. The molecule has 1 unspecified atom stereocenters. The van der Waals surface area contributed by atoms with E-state index in [0.29, 0.717) is 13.0 Å². The first-order chi connectivity index (χ1) is 16.1. The van der Waals surface area contributed by atoms with E-state index in [4.69, 9.17) is 5.21 Å². The number of halogens is 1. The molecular formula is C25H29FN4O3. The zero-order valence-electron chi connectivity index (χ0n) is 18.4. The molecule has 1 atom stereocenters. The Labute approximate surface area is 191 Å². The van der Waals surface area contributed by atoms with Crippen LogP contribution in [0, 0.1) is 5.82 Å². The molecule has 33 heavy (non-hydrogen) atoms. The van der Waals surface area contributed by atoms with Crippen molar-refractivity contribution in [1.82, 2.24) is 20.7 Å². The fraction of sp³-hybridized carbons (Fsp3) is 0.360. The summed E-state index contributed by atoms with van der Waals surface area (Å²) in [6.45, 7) is 1.50. The highest BCUT2D eigenvalue weighted by Gasteiger charge is 2.32. The van der Waals surface area contributed by atoms with Gasteiger partial charge in [-0.05, 0) is 48.6 Å². The van der Waals surface area contributed by atoms with Crippen LogP contribution in [0.1, 0.15) is 48.5 Å². The molecule has 4 rings (SSSR count). The van der Waals surface area contributed by atoms with E-state index in [0.717, 1.165) is 42.6 Å². The number of rotatable bonds is 9. The number of amides is 2. The highest BCUT2D eigenvalue weighted by molar-refractivity contribution is 5.85. The van der Waals surface area contributed by atoms with Gasteiger partial charge in [-0.3, -0.25) is 19.7 Å².